The number of aliphatic hydroxyl groups is 1. The second-order valence-corrected chi connectivity index (χ2v) is 6.73. The van der Waals surface area contributed by atoms with Gasteiger partial charge in [0, 0.05) is 11.1 Å². The van der Waals surface area contributed by atoms with E-state index < -0.39 is 22.2 Å². The van der Waals surface area contributed by atoms with Gasteiger partial charge in [0.1, 0.15) is 0 Å². The van der Waals surface area contributed by atoms with Crippen molar-refractivity contribution in [3.63, 3.8) is 0 Å². The molecule has 2 atom stereocenters. The second-order valence-electron chi connectivity index (χ2n) is 4.44. The van der Waals surface area contributed by atoms with E-state index in [1.807, 2.05) is 30.3 Å². The summed E-state index contributed by atoms with van der Waals surface area (Å²) < 4.78 is 25.7. The van der Waals surface area contributed by atoms with E-state index in [0.29, 0.717) is 6.42 Å². The molecular formula is C13H18ClNO3S. The lowest BCUT2D eigenvalue weighted by atomic mass is 10.0. The molecule has 0 saturated carbocycles. The normalized spacial score (nSPS) is 14.9. The number of rotatable bonds is 7. The summed E-state index contributed by atoms with van der Waals surface area (Å²) in [5.41, 5.74) is 0.947. The van der Waals surface area contributed by atoms with E-state index in [0.717, 1.165) is 5.56 Å². The van der Waals surface area contributed by atoms with E-state index in [1.165, 1.54) is 0 Å². The minimum Gasteiger partial charge on any atom is -0.391 e. The Morgan fingerprint density at radius 2 is 2.00 bits per heavy atom. The molecule has 6 heteroatoms. The smallest absolute Gasteiger partial charge is 0.216 e. The van der Waals surface area contributed by atoms with Crippen molar-refractivity contribution >= 4 is 21.6 Å². The Labute approximate surface area is 119 Å². The predicted octanol–water partition coefficient (Wildman–Crippen LogP) is 1.65. The SMILES string of the molecule is C=C(Cl)CS(=O)(=O)N[C@H](C)[C@H](O)Cc1ccccc1. The molecule has 1 aromatic rings. The average molecular weight is 304 g/mol. The Morgan fingerprint density at radius 3 is 2.53 bits per heavy atom. The van der Waals surface area contributed by atoms with Gasteiger partial charge in [-0.1, -0.05) is 48.5 Å². The quantitative estimate of drug-likeness (QED) is 0.805. The van der Waals surface area contributed by atoms with Gasteiger partial charge in [-0.15, -0.1) is 0 Å². The maximum Gasteiger partial charge on any atom is 0.216 e. The van der Waals surface area contributed by atoms with E-state index in [2.05, 4.69) is 11.3 Å². The van der Waals surface area contributed by atoms with E-state index >= 15 is 0 Å². The first-order valence-electron chi connectivity index (χ1n) is 5.85. The van der Waals surface area contributed by atoms with Gasteiger partial charge < -0.3 is 5.11 Å². The molecule has 0 aliphatic heterocycles. The van der Waals surface area contributed by atoms with Gasteiger partial charge in [-0.05, 0) is 18.9 Å². The first-order chi connectivity index (χ1) is 8.80. The Bertz CT molecular complexity index is 516. The molecule has 1 rings (SSSR count). The molecule has 0 fully saturated rings. The monoisotopic (exact) mass is 303 g/mol. The molecule has 0 heterocycles. The van der Waals surface area contributed by atoms with E-state index in [4.69, 9.17) is 11.6 Å². The van der Waals surface area contributed by atoms with Gasteiger partial charge in [0.15, 0.2) is 0 Å². The first-order valence-corrected chi connectivity index (χ1v) is 7.88. The van der Waals surface area contributed by atoms with E-state index in [-0.39, 0.29) is 10.8 Å². The largest absolute Gasteiger partial charge is 0.391 e. The fourth-order valence-electron chi connectivity index (χ4n) is 1.64. The molecule has 19 heavy (non-hydrogen) atoms. The summed E-state index contributed by atoms with van der Waals surface area (Å²) in [6.07, 6.45) is -0.424. The summed E-state index contributed by atoms with van der Waals surface area (Å²) in [5, 5.41) is 10.0. The Balaban J connectivity index is 2.58. The first kappa shape index (κ1) is 16.2. The van der Waals surface area contributed by atoms with Crippen molar-refractivity contribution < 1.29 is 13.5 Å². The predicted molar refractivity (Wildman–Crippen MR) is 77.5 cm³/mol. The zero-order valence-electron chi connectivity index (χ0n) is 10.7. The number of nitrogens with one attached hydrogen (secondary N) is 1. The summed E-state index contributed by atoms with van der Waals surface area (Å²) in [6, 6.07) is 8.79. The van der Waals surface area contributed by atoms with Crippen molar-refractivity contribution in [2.75, 3.05) is 5.75 Å². The molecule has 0 saturated heterocycles. The summed E-state index contributed by atoms with van der Waals surface area (Å²) in [6.45, 7) is 4.96. The van der Waals surface area contributed by atoms with E-state index in [1.54, 1.807) is 6.92 Å². The zero-order chi connectivity index (χ0) is 14.5. The van der Waals surface area contributed by atoms with Crippen LogP contribution in [0.2, 0.25) is 0 Å². The molecule has 106 valence electrons. The molecule has 4 nitrogen and oxygen atoms in total. The number of aliphatic hydroxyl groups excluding tert-OH is 1. The summed E-state index contributed by atoms with van der Waals surface area (Å²) in [4.78, 5) is 0. The summed E-state index contributed by atoms with van der Waals surface area (Å²) in [7, 11) is -3.56. The molecule has 0 radical (unpaired) electrons. The lowest BCUT2D eigenvalue weighted by Crippen LogP contribution is -2.43. The van der Waals surface area contributed by atoms with Gasteiger partial charge in [-0.3, -0.25) is 0 Å². The molecular weight excluding hydrogens is 286 g/mol. The molecule has 0 amide bonds. The Morgan fingerprint density at radius 1 is 1.42 bits per heavy atom. The van der Waals surface area contributed by atoms with E-state index in [9.17, 15) is 13.5 Å². The molecule has 0 spiro atoms. The van der Waals surface area contributed by atoms with Crippen LogP contribution in [0.4, 0.5) is 0 Å². The third-order valence-corrected chi connectivity index (χ3v) is 4.33. The van der Waals surface area contributed by atoms with Crippen LogP contribution in [0.1, 0.15) is 12.5 Å². The fourth-order valence-corrected chi connectivity index (χ4v) is 3.29. The number of hydrogen-bond acceptors (Lipinski definition) is 3. The van der Waals surface area contributed by atoms with Gasteiger partial charge in [-0.25, -0.2) is 13.1 Å². The average Bonchev–Trinajstić information content (AvgIpc) is 2.27. The van der Waals surface area contributed by atoms with Crippen LogP contribution >= 0.6 is 11.6 Å². The topological polar surface area (TPSA) is 66.4 Å². The Kier molecular flexibility index (Phi) is 6.00. The van der Waals surface area contributed by atoms with Crippen molar-refractivity contribution in [2.24, 2.45) is 0 Å². The molecule has 1 aromatic carbocycles. The Hall–Kier alpha value is -0.880. The number of sulfonamides is 1. The summed E-state index contributed by atoms with van der Waals surface area (Å²) >= 11 is 5.48. The molecule has 0 bridgehead atoms. The minimum absolute atomic E-state index is 0.0391. The molecule has 0 aliphatic rings. The highest BCUT2D eigenvalue weighted by Gasteiger charge is 2.21. The number of hydrogen-bond donors (Lipinski definition) is 2. The molecule has 0 aliphatic carbocycles. The molecule has 0 unspecified atom stereocenters. The van der Waals surface area contributed by atoms with Gasteiger partial charge in [-0.2, -0.15) is 0 Å². The highest BCUT2D eigenvalue weighted by atomic mass is 35.5. The van der Waals surface area contributed by atoms with Gasteiger partial charge in [0.2, 0.25) is 10.0 Å². The van der Waals surface area contributed by atoms with Crippen LogP contribution in [0.15, 0.2) is 41.9 Å². The van der Waals surface area contributed by atoms with Crippen LogP contribution in [0, 0.1) is 0 Å². The van der Waals surface area contributed by atoms with Crippen molar-refractivity contribution in [3.05, 3.63) is 47.5 Å². The lowest BCUT2D eigenvalue weighted by molar-refractivity contribution is 0.144. The van der Waals surface area contributed by atoms with Crippen LogP contribution < -0.4 is 4.72 Å². The third kappa shape index (κ3) is 6.20. The second kappa shape index (κ2) is 7.05. The van der Waals surface area contributed by atoms with Crippen LogP contribution in [-0.4, -0.2) is 31.4 Å². The maximum absolute atomic E-state index is 11.6. The molecule has 2 N–H and O–H groups in total. The van der Waals surface area contributed by atoms with Gasteiger partial charge in [0.05, 0.1) is 11.9 Å². The minimum atomic E-state index is -3.56. The summed E-state index contributed by atoms with van der Waals surface area (Å²) in [5.74, 6) is -0.350. The number of benzene rings is 1. The van der Waals surface area contributed by atoms with Crippen LogP contribution in [-0.2, 0) is 16.4 Å². The van der Waals surface area contributed by atoms with Crippen molar-refractivity contribution in [3.8, 4) is 0 Å². The maximum atomic E-state index is 11.6. The molecule has 0 aromatic heterocycles. The highest BCUT2D eigenvalue weighted by molar-refractivity contribution is 7.89. The fraction of sp³-hybridized carbons (Fsp3) is 0.385. The van der Waals surface area contributed by atoms with Crippen LogP contribution in [0.3, 0.4) is 0 Å². The van der Waals surface area contributed by atoms with Crippen LogP contribution in [0.5, 0.6) is 0 Å². The third-order valence-electron chi connectivity index (χ3n) is 2.58. The van der Waals surface area contributed by atoms with Gasteiger partial charge >= 0.3 is 0 Å². The lowest BCUT2D eigenvalue weighted by Gasteiger charge is -2.20. The van der Waals surface area contributed by atoms with Crippen molar-refractivity contribution in [2.45, 2.75) is 25.5 Å². The van der Waals surface area contributed by atoms with Gasteiger partial charge in [0.25, 0.3) is 0 Å². The highest BCUT2D eigenvalue weighted by Crippen LogP contribution is 2.08. The zero-order valence-corrected chi connectivity index (χ0v) is 12.3. The van der Waals surface area contributed by atoms with Crippen LogP contribution in [0.25, 0.3) is 0 Å². The van der Waals surface area contributed by atoms with Crippen molar-refractivity contribution in [1.82, 2.24) is 4.72 Å². The standard InChI is InChI=1S/C13H18ClNO3S/c1-10(14)9-19(17,18)15-11(2)13(16)8-12-6-4-3-5-7-12/h3-7,11,13,15-16H,1,8-9H2,2H3/t11-,13-/m1/s1. The van der Waals surface area contributed by atoms with Crippen molar-refractivity contribution in [1.29, 1.82) is 0 Å². The number of halogens is 1.